The fraction of sp³-hybridized carbons (Fsp3) is 0.600. The van der Waals surface area contributed by atoms with Crippen LogP contribution in [-0.4, -0.2) is 38.4 Å². The molecule has 1 aliphatic heterocycles. The Morgan fingerprint density at radius 3 is 1.70 bits per heavy atom. The minimum absolute atomic E-state index is 0.0893. The van der Waals surface area contributed by atoms with Crippen molar-refractivity contribution in [3.05, 3.63) is 35.4 Å². The average molecular weight is 396 g/mol. The molecule has 0 aromatic heterocycles. The van der Waals surface area contributed by atoms with Crippen molar-refractivity contribution in [2.75, 3.05) is 13.2 Å². The molecule has 1 unspecified atom stereocenters. The summed E-state index contributed by atoms with van der Waals surface area (Å²) in [5.74, 6) is -0.685. The maximum Gasteiger partial charge on any atom is 0.307 e. The SMILES string of the molecule is CCOC(=O)C[C@@H]1c2ccccc2[C@H](CC(=O)OCC)N1S(=O)C(C)(C)C. The zero-order valence-corrected chi connectivity index (χ0v) is 17.5. The Morgan fingerprint density at radius 2 is 1.37 bits per heavy atom. The van der Waals surface area contributed by atoms with Gasteiger partial charge in [0.25, 0.3) is 0 Å². The Morgan fingerprint density at radius 1 is 0.963 bits per heavy atom. The van der Waals surface area contributed by atoms with Crippen molar-refractivity contribution >= 4 is 22.9 Å². The van der Waals surface area contributed by atoms with Crippen molar-refractivity contribution in [3.63, 3.8) is 0 Å². The van der Waals surface area contributed by atoms with Crippen molar-refractivity contribution in [3.8, 4) is 0 Å². The molecule has 3 atom stereocenters. The van der Waals surface area contributed by atoms with Crippen molar-refractivity contribution < 1.29 is 23.3 Å². The Kier molecular flexibility index (Phi) is 7.17. The van der Waals surface area contributed by atoms with Crippen LogP contribution in [0.25, 0.3) is 0 Å². The Labute approximate surface area is 163 Å². The highest BCUT2D eigenvalue weighted by molar-refractivity contribution is 7.84. The van der Waals surface area contributed by atoms with Gasteiger partial charge < -0.3 is 9.47 Å². The van der Waals surface area contributed by atoms with Crippen LogP contribution in [0.5, 0.6) is 0 Å². The van der Waals surface area contributed by atoms with Crippen molar-refractivity contribution in [1.29, 1.82) is 0 Å². The molecule has 0 aliphatic carbocycles. The highest BCUT2D eigenvalue weighted by Gasteiger charge is 2.46. The summed E-state index contributed by atoms with van der Waals surface area (Å²) < 4.78 is 24.9. The van der Waals surface area contributed by atoms with Crippen molar-refractivity contribution in [2.45, 2.75) is 64.3 Å². The lowest BCUT2D eigenvalue weighted by molar-refractivity contribution is -0.144. The predicted octanol–water partition coefficient (Wildman–Crippen LogP) is 3.45. The molecule has 7 heteroatoms. The van der Waals surface area contributed by atoms with E-state index in [4.69, 9.17) is 9.47 Å². The molecule has 0 saturated heterocycles. The number of hydrogen-bond donors (Lipinski definition) is 0. The fourth-order valence-electron chi connectivity index (χ4n) is 3.31. The van der Waals surface area contributed by atoms with E-state index in [0.717, 1.165) is 11.1 Å². The summed E-state index contributed by atoms with van der Waals surface area (Å²) in [5.41, 5.74) is 1.83. The minimum atomic E-state index is -1.42. The quantitative estimate of drug-likeness (QED) is 0.661. The van der Waals surface area contributed by atoms with Gasteiger partial charge in [-0.1, -0.05) is 24.3 Å². The molecular weight excluding hydrogens is 366 g/mol. The number of rotatable bonds is 7. The summed E-state index contributed by atoms with van der Waals surface area (Å²) in [6, 6.07) is 6.83. The third-order valence-electron chi connectivity index (χ3n) is 4.37. The third kappa shape index (κ3) is 4.96. The van der Waals surface area contributed by atoms with E-state index in [-0.39, 0.29) is 24.8 Å². The van der Waals surface area contributed by atoms with E-state index in [1.807, 2.05) is 45.0 Å². The van der Waals surface area contributed by atoms with Gasteiger partial charge >= 0.3 is 11.9 Å². The number of carbonyl (C=O) groups excluding carboxylic acids is 2. The van der Waals surface area contributed by atoms with E-state index in [9.17, 15) is 13.8 Å². The summed E-state index contributed by atoms with van der Waals surface area (Å²) in [5, 5.41) is 0. The van der Waals surface area contributed by atoms with Gasteiger partial charge in [-0.3, -0.25) is 9.59 Å². The normalized spacial score (nSPS) is 20.8. The molecular formula is C20H29NO5S. The zero-order chi connectivity index (χ0) is 20.2. The topological polar surface area (TPSA) is 72.9 Å². The van der Waals surface area contributed by atoms with Crippen LogP contribution in [-0.2, 0) is 30.0 Å². The highest BCUT2D eigenvalue weighted by Crippen LogP contribution is 2.48. The van der Waals surface area contributed by atoms with Gasteiger partial charge in [0.15, 0.2) is 0 Å². The summed E-state index contributed by atoms with van der Waals surface area (Å²) in [6.45, 7) is 9.76. The molecule has 6 nitrogen and oxygen atoms in total. The van der Waals surface area contributed by atoms with E-state index in [0.29, 0.717) is 13.2 Å². The average Bonchev–Trinajstić information content (AvgIpc) is 2.87. The first-order valence-corrected chi connectivity index (χ1v) is 10.4. The van der Waals surface area contributed by atoms with Gasteiger partial charge in [0.05, 0.1) is 42.9 Å². The van der Waals surface area contributed by atoms with Gasteiger partial charge in [0.1, 0.15) is 11.0 Å². The van der Waals surface area contributed by atoms with Crippen LogP contribution in [0.2, 0.25) is 0 Å². The lowest BCUT2D eigenvalue weighted by Gasteiger charge is -2.34. The lowest BCUT2D eigenvalue weighted by Crippen LogP contribution is -2.40. The Hall–Kier alpha value is -1.73. The lowest BCUT2D eigenvalue weighted by atomic mass is 9.99. The first kappa shape index (κ1) is 21.6. The number of hydrogen-bond acceptors (Lipinski definition) is 5. The first-order chi connectivity index (χ1) is 12.7. The largest absolute Gasteiger partial charge is 0.466 e. The molecule has 150 valence electrons. The van der Waals surface area contributed by atoms with E-state index < -0.39 is 27.8 Å². The smallest absolute Gasteiger partial charge is 0.307 e. The molecule has 2 rings (SSSR count). The molecule has 0 radical (unpaired) electrons. The number of carbonyl (C=O) groups is 2. The van der Waals surface area contributed by atoms with Crippen molar-refractivity contribution in [1.82, 2.24) is 4.31 Å². The molecule has 1 aromatic rings. The van der Waals surface area contributed by atoms with E-state index >= 15 is 0 Å². The second-order valence-electron chi connectivity index (χ2n) is 7.40. The van der Waals surface area contributed by atoms with Crippen LogP contribution in [0, 0.1) is 0 Å². The fourth-order valence-corrected chi connectivity index (χ4v) is 4.78. The molecule has 1 aliphatic rings. The van der Waals surface area contributed by atoms with Gasteiger partial charge in [-0.05, 0) is 45.7 Å². The zero-order valence-electron chi connectivity index (χ0n) is 16.7. The Balaban J connectivity index is 2.47. The molecule has 0 bridgehead atoms. The van der Waals surface area contributed by atoms with Gasteiger partial charge in [-0.25, -0.2) is 8.51 Å². The van der Waals surface area contributed by atoms with Crippen LogP contribution in [0.1, 0.15) is 70.7 Å². The molecule has 1 heterocycles. The summed E-state index contributed by atoms with van der Waals surface area (Å²) >= 11 is 0. The number of benzene rings is 1. The van der Waals surface area contributed by atoms with Gasteiger partial charge in [0, 0.05) is 0 Å². The van der Waals surface area contributed by atoms with E-state index in [2.05, 4.69) is 0 Å². The van der Waals surface area contributed by atoms with Crippen LogP contribution >= 0.6 is 0 Å². The van der Waals surface area contributed by atoms with Crippen LogP contribution in [0.3, 0.4) is 0 Å². The summed E-state index contributed by atoms with van der Waals surface area (Å²) in [4.78, 5) is 24.4. The number of nitrogens with zero attached hydrogens (tertiary/aromatic N) is 1. The molecule has 27 heavy (non-hydrogen) atoms. The molecule has 0 saturated carbocycles. The number of ether oxygens (including phenoxy) is 2. The minimum Gasteiger partial charge on any atom is -0.466 e. The van der Waals surface area contributed by atoms with E-state index in [1.165, 1.54) is 0 Å². The van der Waals surface area contributed by atoms with Crippen molar-refractivity contribution in [2.24, 2.45) is 0 Å². The number of fused-ring (bicyclic) bond motifs is 1. The van der Waals surface area contributed by atoms with Crippen LogP contribution in [0.4, 0.5) is 0 Å². The van der Waals surface area contributed by atoms with Gasteiger partial charge in [-0.15, -0.1) is 0 Å². The summed E-state index contributed by atoms with van der Waals surface area (Å²) in [6.07, 6.45) is 0.179. The first-order valence-electron chi connectivity index (χ1n) is 9.31. The number of esters is 2. The highest BCUT2D eigenvalue weighted by atomic mass is 32.2. The van der Waals surface area contributed by atoms with Crippen LogP contribution in [0.15, 0.2) is 24.3 Å². The molecule has 0 amide bonds. The maximum absolute atomic E-state index is 13.4. The maximum atomic E-state index is 13.4. The molecule has 0 N–H and O–H groups in total. The third-order valence-corrected chi connectivity index (χ3v) is 6.31. The predicted molar refractivity (Wildman–Crippen MR) is 104 cm³/mol. The van der Waals surface area contributed by atoms with E-state index in [1.54, 1.807) is 18.2 Å². The second kappa shape index (κ2) is 8.97. The van der Waals surface area contributed by atoms with Gasteiger partial charge in [-0.2, -0.15) is 0 Å². The monoisotopic (exact) mass is 395 g/mol. The van der Waals surface area contributed by atoms with Gasteiger partial charge in [0.2, 0.25) is 0 Å². The standard InChI is InChI=1S/C20H29NO5S/c1-6-25-18(22)12-16-14-10-8-9-11-15(14)17(13-19(23)26-7-2)21(16)27(24)20(3,4)5/h8-11,16-17H,6-7,12-13H2,1-5H3/t16-,17+,27?. The molecule has 0 fully saturated rings. The second-order valence-corrected chi connectivity index (χ2v) is 9.54. The molecule has 1 aromatic carbocycles. The summed E-state index contributed by atoms with van der Waals surface area (Å²) in [7, 11) is -1.42. The Bertz CT molecular complexity index is 666. The van der Waals surface area contributed by atoms with Crippen LogP contribution < -0.4 is 0 Å². The molecule has 0 spiro atoms.